The summed E-state index contributed by atoms with van der Waals surface area (Å²) in [5.74, 6) is -0.424. The predicted molar refractivity (Wildman–Crippen MR) is 50.6 cm³/mol. The molecule has 2 heterocycles. The Morgan fingerprint density at radius 3 is 3.00 bits per heavy atom. The van der Waals surface area contributed by atoms with Gasteiger partial charge in [0, 0.05) is 16.7 Å². The van der Waals surface area contributed by atoms with Crippen LogP contribution in [-0.4, -0.2) is 21.9 Å². The van der Waals surface area contributed by atoms with Crippen molar-refractivity contribution in [3.05, 3.63) is 34.0 Å². The Hall–Kier alpha value is -2.02. The molecule has 0 aromatic carbocycles. The number of rotatable bonds is 1. The average molecular weight is 208 g/mol. The van der Waals surface area contributed by atoms with Gasteiger partial charge in [-0.1, -0.05) is 6.07 Å². The van der Waals surface area contributed by atoms with E-state index in [1.54, 1.807) is 12.1 Å². The van der Waals surface area contributed by atoms with Gasteiger partial charge in [-0.3, -0.25) is 14.9 Å². The monoisotopic (exact) mass is 208 g/mol. The highest BCUT2D eigenvalue weighted by atomic mass is 16.6. The van der Waals surface area contributed by atoms with Crippen molar-refractivity contribution in [2.24, 2.45) is 5.73 Å². The first-order valence-corrected chi connectivity index (χ1v) is 4.26. The van der Waals surface area contributed by atoms with Crippen LogP contribution in [0.1, 0.15) is 11.6 Å². The standard InChI is InChI=1S/C8H8N4O3/c9-5-4-2-1-3-10-7(4)11-8(13)6(5)12(14)15/h1-3,5-6H,9H2,(H,10,11,13). The summed E-state index contributed by atoms with van der Waals surface area (Å²) in [6.45, 7) is 0. The van der Waals surface area contributed by atoms with Gasteiger partial charge in [-0.05, 0) is 6.07 Å². The van der Waals surface area contributed by atoms with E-state index in [1.165, 1.54) is 6.20 Å². The lowest BCUT2D eigenvalue weighted by Crippen LogP contribution is -2.47. The third kappa shape index (κ3) is 1.42. The summed E-state index contributed by atoms with van der Waals surface area (Å²) in [6.07, 6.45) is 1.48. The maximum atomic E-state index is 11.3. The molecule has 1 aliphatic rings. The number of hydrogen-bond acceptors (Lipinski definition) is 5. The molecule has 1 aromatic rings. The molecule has 0 spiro atoms. The fourth-order valence-corrected chi connectivity index (χ4v) is 1.54. The van der Waals surface area contributed by atoms with Crippen LogP contribution in [-0.2, 0) is 4.79 Å². The average Bonchev–Trinajstić information content (AvgIpc) is 2.17. The molecule has 0 radical (unpaired) electrons. The Morgan fingerprint density at radius 2 is 2.33 bits per heavy atom. The SMILES string of the molecule is NC1c2cccnc2NC(=O)C1[N+](=O)[O-]. The Kier molecular flexibility index (Phi) is 2.09. The van der Waals surface area contributed by atoms with Crippen LogP contribution in [0.4, 0.5) is 5.82 Å². The quantitative estimate of drug-likeness (QED) is 0.485. The fourth-order valence-electron chi connectivity index (χ4n) is 1.54. The van der Waals surface area contributed by atoms with Gasteiger partial charge in [0.2, 0.25) is 0 Å². The topological polar surface area (TPSA) is 111 Å². The molecule has 7 heteroatoms. The summed E-state index contributed by atoms with van der Waals surface area (Å²) in [4.78, 5) is 25.2. The maximum Gasteiger partial charge on any atom is 0.309 e. The zero-order valence-electron chi connectivity index (χ0n) is 7.58. The highest BCUT2D eigenvalue weighted by Crippen LogP contribution is 2.27. The van der Waals surface area contributed by atoms with Gasteiger partial charge in [0.25, 0.3) is 0 Å². The summed E-state index contributed by atoms with van der Waals surface area (Å²) in [6, 6.07) is 0.843. The first-order valence-electron chi connectivity index (χ1n) is 4.26. The van der Waals surface area contributed by atoms with Crippen molar-refractivity contribution in [1.82, 2.24) is 4.98 Å². The number of anilines is 1. The molecule has 15 heavy (non-hydrogen) atoms. The van der Waals surface area contributed by atoms with Gasteiger partial charge in [-0.25, -0.2) is 4.98 Å². The van der Waals surface area contributed by atoms with Crippen molar-refractivity contribution in [2.75, 3.05) is 5.32 Å². The first-order chi connectivity index (χ1) is 7.11. The van der Waals surface area contributed by atoms with E-state index in [9.17, 15) is 14.9 Å². The molecular formula is C8H8N4O3. The summed E-state index contributed by atoms with van der Waals surface area (Å²) in [5.41, 5.74) is 6.12. The molecule has 78 valence electrons. The molecule has 1 aliphatic heterocycles. The number of carbonyl (C=O) groups excluding carboxylic acids is 1. The number of hydrogen-bond donors (Lipinski definition) is 2. The minimum Gasteiger partial charge on any atom is -0.318 e. The molecule has 3 N–H and O–H groups in total. The molecule has 2 unspecified atom stereocenters. The van der Waals surface area contributed by atoms with Crippen LogP contribution in [0.5, 0.6) is 0 Å². The Morgan fingerprint density at radius 1 is 1.60 bits per heavy atom. The number of fused-ring (bicyclic) bond motifs is 1. The van der Waals surface area contributed by atoms with Gasteiger partial charge < -0.3 is 11.1 Å². The van der Waals surface area contributed by atoms with E-state index in [2.05, 4.69) is 10.3 Å². The second-order valence-corrected chi connectivity index (χ2v) is 3.19. The van der Waals surface area contributed by atoms with E-state index in [4.69, 9.17) is 5.73 Å². The number of aromatic nitrogens is 1. The smallest absolute Gasteiger partial charge is 0.309 e. The Balaban J connectivity index is 2.47. The Bertz CT molecular complexity index is 434. The predicted octanol–water partition coefficient (Wildman–Crippen LogP) is -0.321. The number of amides is 1. The highest BCUT2D eigenvalue weighted by molar-refractivity contribution is 5.96. The van der Waals surface area contributed by atoms with Crippen molar-refractivity contribution >= 4 is 11.7 Å². The van der Waals surface area contributed by atoms with Crippen molar-refractivity contribution in [3.63, 3.8) is 0 Å². The van der Waals surface area contributed by atoms with Gasteiger partial charge in [0.15, 0.2) is 0 Å². The lowest BCUT2D eigenvalue weighted by Gasteiger charge is -2.23. The van der Waals surface area contributed by atoms with Crippen molar-refractivity contribution in [2.45, 2.75) is 12.1 Å². The molecule has 2 atom stereocenters. The number of nitrogens with zero attached hydrogens (tertiary/aromatic N) is 2. The second kappa shape index (κ2) is 3.28. The third-order valence-electron chi connectivity index (χ3n) is 2.28. The molecule has 0 fully saturated rings. The van der Waals surface area contributed by atoms with Crippen LogP contribution in [0.25, 0.3) is 0 Å². The van der Waals surface area contributed by atoms with Gasteiger partial charge >= 0.3 is 11.9 Å². The van der Waals surface area contributed by atoms with Gasteiger partial charge in [0.1, 0.15) is 11.9 Å². The van der Waals surface area contributed by atoms with E-state index in [0.717, 1.165) is 0 Å². The minimum atomic E-state index is -1.44. The molecule has 0 saturated heterocycles. The number of carbonyl (C=O) groups is 1. The molecular weight excluding hydrogens is 200 g/mol. The molecule has 7 nitrogen and oxygen atoms in total. The minimum absolute atomic E-state index is 0.299. The summed E-state index contributed by atoms with van der Waals surface area (Å²) >= 11 is 0. The lowest BCUT2D eigenvalue weighted by atomic mass is 9.97. The van der Waals surface area contributed by atoms with Crippen molar-refractivity contribution in [1.29, 1.82) is 0 Å². The van der Waals surface area contributed by atoms with E-state index in [0.29, 0.717) is 11.4 Å². The first kappa shape index (κ1) is 9.53. The lowest BCUT2D eigenvalue weighted by molar-refractivity contribution is -0.511. The number of nitro groups is 1. The molecule has 1 amide bonds. The molecule has 2 rings (SSSR count). The molecule has 0 aliphatic carbocycles. The van der Waals surface area contributed by atoms with Gasteiger partial charge in [-0.15, -0.1) is 0 Å². The molecule has 1 aromatic heterocycles. The fraction of sp³-hybridized carbons (Fsp3) is 0.250. The van der Waals surface area contributed by atoms with E-state index < -0.39 is 22.9 Å². The molecule has 0 saturated carbocycles. The number of nitrogens with two attached hydrogens (primary N) is 1. The largest absolute Gasteiger partial charge is 0.318 e. The summed E-state index contributed by atoms with van der Waals surface area (Å²) < 4.78 is 0. The Labute approximate surface area is 84.4 Å². The van der Waals surface area contributed by atoms with E-state index >= 15 is 0 Å². The van der Waals surface area contributed by atoms with Crippen molar-refractivity contribution in [3.8, 4) is 0 Å². The zero-order valence-corrected chi connectivity index (χ0v) is 7.58. The number of pyridine rings is 1. The van der Waals surface area contributed by atoms with Crippen LogP contribution in [0, 0.1) is 10.1 Å². The normalized spacial score (nSPS) is 24.2. The summed E-state index contributed by atoms with van der Waals surface area (Å²) in [5, 5.41) is 13.0. The van der Waals surface area contributed by atoms with E-state index in [1.807, 2.05) is 0 Å². The number of nitrogens with one attached hydrogen (secondary N) is 1. The van der Waals surface area contributed by atoms with Crippen LogP contribution in [0.15, 0.2) is 18.3 Å². The maximum absolute atomic E-state index is 11.3. The third-order valence-corrected chi connectivity index (χ3v) is 2.28. The van der Waals surface area contributed by atoms with Crippen LogP contribution < -0.4 is 11.1 Å². The zero-order chi connectivity index (χ0) is 11.0. The van der Waals surface area contributed by atoms with Gasteiger partial charge in [-0.2, -0.15) is 0 Å². The van der Waals surface area contributed by atoms with Crippen LogP contribution in [0.3, 0.4) is 0 Å². The van der Waals surface area contributed by atoms with Gasteiger partial charge in [0.05, 0.1) is 0 Å². The van der Waals surface area contributed by atoms with E-state index in [-0.39, 0.29) is 0 Å². The van der Waals surface area contributed by atoms with Crippen LogP contribution >= 0.6 is 0 Å². The molecule has 0 bridgehead atoms. The second-order valence-electron chi connectivity index (χ2n) is 3.19. The van der Waals surface area contributed by atoms with Crippen LogP contribution in [0.2, 0.25) is 0 Å². The highest BCUT2D eigenvalue weighted by Gasteiger charge is 2.42. The van der Waals surface area contributed by atoms with Crippen molar-refractivity contribution < 1.29 is 9.72 Å². The summed E-state index contributed by atoms with van der Waals surface area (Å²) in [7, 11) is 0.